The summed E-state index contributed by atoms with van der Waals surface area (Å²) < 4.78 is 5.72. The van der Waals surface area contributed by atoms with Gasteiger partial charge in [-0.25, -0.2) is 4.79 Å². The second-order valence-electron chi connectivity index (χ2n) is 6.15. The highest BCUT2D eigenvalue weighted by molar-refractivity contribution is 6.31. The largest absolute Gasteiger partial charge is 0.457 e. The first-order valence-electron chi connectivity index (χ1n) is 8.90. The van der Waals surface area contributed by atoms with E-state index in [9.17, 15) is 9.59 Å². The number of rotatable bonds is 6. The highest BCUT2D eigenvalue weighted by atomic mass is 35.5. The van der Waals surface area contributed by atoms with Crippen molar-refractivity contribution in [2.45, 2.75) is 6.92 Å². The van der Waals surface area contributed by atoms with Gasteiger partial charge >= 0.3 is 6.03 Å². The standard InChI is InChI=1S/C21H19ClN4O4/c1-13-11-17(7-8-18(13)22)30-26-21(28)25-14-3-5-15(6-4-14)29-16-9-10-24-19(12-16)20(27)23-2/h3-12H,1-2H3,(H,23,27)(H2,25,26,28). The quantitative estimate of drug-likeness (QED) is 0.510. The third kappa shape index (κ3) is 5.62. The van der Waals surface area contributed by atoms with Crippen LogP contribution in [0.15, 0.2) is 60.8 Å². The summed E-state index contributed by atoms with van der Waals surface area (Å²) in [6, 6.07) is 14.4. The van der Waals surface area contributed by atoms with Crippen LogP contribution in [0.2, 0.25) is 5.02 Å². The van der Waals surface area contributed by atoms with Crippen molar-refractivity contribution in [2.24, 2.45) is 0 Å². The Morgan fingerprint density at radius 2 is 1.70 bits per heavy atom. The monoisotopic (exact) mass is 426 g/mol. The van der Waals surface area contributed by atoms with Gasteiger partial charge in [-0.15, -0.1) is 0 Å². The average Bonchev–Trinajstić information content (AvgIpc) is 2.75. The Balaban J connectivity index is 1.54. The molecule has 2 aromatic carbocycles. The molecule has 0 bridgehead atoms. The lowest BCUT2D eigenvalue weighted by atomic mass is 10.2. The van der Waals surface area contributed by atoms with Crippen molar-refractivity contribution in [1.82, 2.24) is 15.8 Å². The minimum Gasteiger partial charge on any atom is -0.457 e. The number of aromatic nitrogens is 1. The van der Waals surface area contributed by atoms with Gasteiger partial charge in [0.25, 0.3) is 5.91 Å². The Kier molecular flexibility index (Phi) is 6.71. The molecule has 0 fully saturated rings. The molecule has 3 aromatic rings. The van der Waals surface area contributed by atoms with Crippen LogP contribution in [0.25, 0.3) is 0 Å². The molecular weight excluding hydrogens is 408 g/mol. The van der Waals surface area contributed by atoms with Crippen LogP contribution in [-0.2, 0) is 0 Å². The fraction of sp³-hybridized carbons (Fsp3) is 0.0952. The number of pyridine rings is 1. The predicted octanol–water partition coefficient (Wildman–Crippen LogP) is 4.31. The number of urea groups is 1. The Bertz CT molecular complexity index is 1060. The summed E-state index contributed by atoms with van der Waals surface area (Å²) in [6.45, 7) is 1.84. The minimum atomic E-state index is -0.541. The van der Waals surface area contributed by atoms with Gasteiger partial charge in [-0.3, -0.25) is 9.78 Å². The fourth-order valence-corrected chi connectivity index (χ4v) is 2.53. The molecular formula is C21H19ClN4O4. The number of benzene rings is 2. The van der Waals surface area contributed by atoms with Crippen LogP contribution in [0.5, 0.6) is 17.2 Å². The molecule has 0 saturated carbocycles. The van der Waals surface area contributed by atoms with Crippen molar-refractivity contribution in [3.8, 4) is 17.2 Å². The zero-order valence-corrected chi connectivity index (χ0v) is 17.0. The molecule has 0 atom stereocenters. The second kappa shape index (κ2) is 9.62. The number of amides is 3. The molecule has 1 heterocycles. The van der Waals surface area contributed by atoms with E-state index in [1.165, 1.54) is 19.3 Å². The Labute approximate surface area is 178 Å². The minimum absolute atomic E-state index is 0.251. The van der Waals surface area contributed by atoms with Crippen molar-refractivity contribution in [1.29, 1.82) is 0 Å². The Morgan fingerprint density at radius 1 is 0.967 bits per heavy atom. The SMILES string of the molecule is CNC(=O)c1cc(Oc2ccc(NC(=O)NOc3ccc(Cl)c(C)c3)cc2)ccn1. The first-order chi connectivity index (χ1) is 14.4. The number of hydroxylamine groups is 1. The summed E-state index contributed by atoms with van der Waals surface area (Å²) >= 11 is 5.96. The van der Waals surface area contributed by atoms with Crippen LogP contribution in [-0.4, -0.2) is 24.0 Å². The van der Waals surface area contributed by atoms with E-state index in [4.69, 9.17) is 21.2 Å². The van der Waals surface area contributed by atoms with Crippen molar-refractivity contribution in [3.63, 3.8) is 0 Å². The molecule has 0 aliphatic rings. The van der Waals surface area contributed by atoms with Crippen molar-refractivity contribution < 1.29 is 19.2 Å². The van der Waals surface area contributed by atoms with E-state index < -0.39 is 6.03 Å². The number of anilines is 1. The molecule has 154 valence electrons. The van der Waals surface area contributed by atoms with E-state index >= 15 is 0 Å². The maximum Gasteiger partial charge on any atom is 0.352 e. The first kappa shape index (κ1) is 20.9. The second-order valence-corrected chi connectivity index (χ2v) is 6.56. The Morgan fingerprint density at radius 3 is 2.40 bits per heavy atom. The topological polar surface area (TPSA) is 102 Å². The normalized spacial score (nSPS) is 10.1. The summed E-state index contributed by atoms with van der Waals surface area (Å²) in [6.07, 6.45) is 1.49. The zero-order valence-electron chi connectivity index (χ0n) is 16.2. The maximum absolute atomic E-state index is 12.0. The molecule has 0 spiro atoms. The number of hydrogen-bond acceptors (Lipinski definition) is 5. The number of carbonyl (C=O) groups is 2. The van der Waals surface area contributed by atoms with Gasteiger partial charge < -0.3 is 20.2 Å². The lowest BCUT2D eigenvalue weighted by molar-refractivity contribution is 0.0958. The number of halogens is 1. The molecule has 3 amide bonds. The highest BCUT2D eigenvalue weighted by Gasteiger charge is 2.08. The predicted molar refractivity (Wildman–Crippen MR) is 113 cm³/mol. The Hall–Kier alpha value is -3.78. The molecule has 0 radical (unpaired) electrons. The smallest absolute Gasteiger partial charge is 0.352 e. The number of carbonyl (C=O) groups excluding carboxylic acids is 2. The van der Waals surface area contributed by atoms with E-state index in [1.54, 1.807) is 48.5 Å². The van der Waals surface area contributed by atoms with Gasteiger partial charge in [0.05, 0.1) is 0 Å². The summed E-state index contributed by atoms with van der Waals surface area (Å²) in [5.41, 5.74) is 3.93. The van der Waals surface area contributed by atoms with Crippen LogP contribution in [0.4, 0.5) is 10.5 Å². The molecule has 9 heteroatoms. The molecule has 0 unspecified atom stereocenters. The van der Waals surface area contributed by atoms with Gasteiger partial charge in [0, 0.05) is 30.0 Å². The zero-order chi connectivity index (χ0) is 21.5. The highest BCUT2D eigenvalue weighted by Crippen LogP contribution is 2.23. The number of nitrogens with one attached hydrogen (secondary N) is 3. The lowest BCUT2D eigenvalue weighted by Gasteiger charge is -2.10. The van der Waals surface area contributed by atoms with Crippen LogP contribution in [0.1, 0.15) is 16.1 Å². The summed E-state index contributed by atoms with van der Waals surface area (Å²) in [5.74, 6) is 1.16. The molecule has 0 aliphatic heterocycles. The molecule has 1 aromatic heterocycles. The molecule has 3 rings (SSSR count). The summed E-state index contributed by atoms with van der Waals surface area (Å²) in [4.78, 5) is 32.9. The summed E-state index contributed by atoms with van der Waals surface area (Å²) in [5, 5.41) is 5.76. The van der Waals surface area contributed by atoms with E-state index in [-0.39, 0.29) is 11.6 Å². The molecule has 3 N–H and O–H groups in total. The van der Waals surface area contributed by atoms with Crippen molar-refractivity contribution in [2.75, 3.05) is 12.4 Å². The van der Waals surface area contributed by atoms with E-state index in [1.807, 2.05) is 6.92 Å². The molecule has 8 nitrogen and oxygen atoms in total. The molecule has 0 aliphatic carbocycles. The van der Waals surface area contributed by atoms with Gasteiger partial charge in [0.15, 0.2) is 5.75 Å². The van der Waals surface area contributed by atoms with Gasteiger partial charge in [-0.2, -0.15) is 5.48 Å². The van der Waals surface area contributed by atoms with E-state index in [0.29, 0.717) is 28.0 Å². The fourth-order valence-electron chi connectivity index (χ4n) is 2.41. The van der Waals surface area contributed by atoms with Gasteiger partial charge in [0.1, 0.15) is 17.2 Å². The third-order valence-electron chi connectivity index (χ3n) is 3.93. The van der Waals surface area contributed by atoms with Crippen LogP contribution in [0, 0.1) is 6.92 Å². The first-order valence-corrected chi connectivity index (χ1v) is 9.28. The maximum atomic E-state index is 12.0. The van der Waals surface area contributed by atoms with Crippen molar-refractivity contribution in [3.05, 3.63) is 77.1 Å². The van der Waals surface area contributed by atoms with E-state index in [2.05, 4.69) is 21.1 Å². The molecule has 30 heavy (non-hydrogen) atoms. The molecule has 0 saturated heterocycles. The average molecular weight is 427 g/mol. The third-order valence-corrected chi connectivity index (χ3v) is 4.35. The lowest BCUT2D eigenvalue weighted by Crippen LogP contribution is -2.31. The van der Waals surface area contributed by atoms with Gasteiger partial charge in [-0.05, 0) is 61.0 Å². The van der Waals surface area contributed by atoms with Crippen LogP contribution in [0.3, 0.4) is 0 Å². The number of ether oxygens (including phenoxy) is 1. The van der Waals surface area contributed by atoms with Gasteiger partial charge in [-0.1, -0.05) is 11.6 Å². The van der Waals surface area contributed by atoms with Crippen molar-refractivity contribution >= 4 is 29.2 Å². The van der Waals surface area contributed by atoms with Crippen LogP contribution < -0.4 is 25.7 Å². The van der Waals surface area contributed by atoms with E-state index in [0.717, 1.165) is 5.56 Å². The summed E-state index contributed by atoms with van der Waals surface area (Å²) in [7, 11) is 1.53. The van der Waals surface area contributed by atoms with Crippen LogP contribution >= 0.6 is 11.6 Å². The number of aryl methyl sites for hydroxylation is 1. The van der Waals surface area contributed by atoms with Gasteiger partial charge in [0.2, 0.25) is 0 Å². The number of nitrogens with zero attached hydrogens (tertiary/aromatic N) is 1. The number of hydrogen-bond donors (Lipinski definition) is 3.